The second-order valence-corrected chi connectivity index (χ2v) is 6.58. The maximum absolute atomic E-state index is 11.9. The van der Waals surface area contributed by atoms with E-state index in [-0.39, 0.29) is 6.03 Å². The van der Waals surface area contributed by atoms with E-state index in [1.165, 1.54) is 12.8 Å². The molecule has 1 aliphatic heterocycles. The van der Waals surface area contributed by atoms with Crippen LogP contribution in [0.2, 0.25) is 0 Å². The zero-order valence-corrected chi connectivity index (χ0v) is 14.0. The molecule has 3 heterocycles. The van der Waals surface area contributed by atoms with E-state index in [1.54, 1.807) is 17.5 Å². The lowest BCUT2D eigenvalue weighted by Gasteiger charge is -2.17. The van der Waals surface area contributed by atoms with Gasteiger partial charge in [-0.1, -0.05) is 0 Å². The van der Waals surface area contributed by atoms with Gasteiger partial charge in [0.15, 0.2) is 0 Å². The molecule has 0 radical (unpaired) electrons. The fourth-order valence-electron chi connectivity index (χ4n) is 2.57. The van der Waals surface area contributed by atoms with Crippen molar-refractivity contribution in [2.24, 2.45) is 0 Å². The molecular formula is C16H21N5OS. The summed E-state index contributed by atoms with van der Waals surface area (Å²) in [7, 11) is 0. The van der Waals surface area contributed by atoms with Crippen molar-refractivity contribution in [3.05, 3.63) is 40.0 Å². The molecule has 122 valence electrons. The SMILES string of the molecule is Cc1csc(CNC(=O)NCc2ccnc(N3CCCC3)c2)n1. The van der Waals surface area contributed by atoms with Crippen molar-refractivity contribution in [3.63, 3.8) is 0 Å². The molecule has 1 aliphatic rings. The van der Waals surface area contributed by atoms with E-state index in [0.29, 0.717) is 13.1 Å². The molecular weight excluding hydrogens is 310 g/mol. The normalized spacial score (nSPS) is 14.0. The molecule has 1 fully saturated rings. The van der Waals surface area contributed by atoms with Crippen LogP contribution in [0.15, 0.2) is 23.7 Å². The number of nitrogens with zero attached hydrogens (tertiary/aromatic N) is 3. The van der Waals surface area contributed by atoms with Gasteiger partial charge in [0, 0.05) is 36.9 Å². The fourth-order valence-corrected chi connectivity index (χ4v) is 3.29. The molecule has 6 nitrogen and oxygen atoms in total. The molecule has 1 saturated heterocycles. The number of hydrogen-bond donors (Lipinski definition) is 2. The monoisotopic (exact) mass is 331 g/mol. The topological polar surface area (TPSA) is 70.2 Å². The van der Waals surface area contributed by atoms with E-state index >= 15 is 0 Å². The van der Waals surface area contributed by atoms with E-state index in [4.69, 9.17) is 0 Å². The van der Waals surface area contributed by atoms with Gasteiger partial charge in [-0.05, 0) is 37.5 Å². The van der Waals surface area contributed by atoms with Gasteiger partial charge in [-0.3, -0.25) is 0 Å². The second kappa shape index (κ2) is 7.41. The number of carbonyl (C=O) groups excluding carboxylic acids is 1. The van der Waals surface area contributed by atoms with Crippen LogP contribution in [0, 0.1) is 6.92 Å². The first kappa shape index (κ1) is 15.7. The molecule has 2 aromatic rings. The van der Waals surface area contributed by atoms with Crippen molar-refractivity contribution >= 4 is 23.2 Å². The summed E-state index contributed by atoms with van der Waals surface area (Å²) in [6.07, 6.45) is 4.26. The number of hydrogen-bond acceptors (Lipinski definition) is 5. The highest BCUT2D eigenvalue weighted by Gasteiger charge is 2.13. The summed E-state index contributed by atoms with van der Waals surface area (Å²) in [5.41, 5.74) is 2.04. The molecule has 23 heavy (non-hydrogen) atoms. The predicted molar refractivity (Wildman–Crippen MR) is 91.6 cm³/mol. The van der Waals surface area contributed by atoms with Gasteiger partial charge in [0.25, 0.3) is 0 Å². The van der Waals surface area contributed by atoms with Gasteiger partial charge >= 0.3 is 6.03 Å². The van der Waals surface area contributed by atoms with Gasteiger partial charge in [-0.25, -0.2) is 14.8 Å². The van der Waals surface area contributed by atoms with E-state index in [2.05, 4.69) is 31.6 Å². The van der Waals surface area contributed by atoms with Crippen LogP contribution in [0.5, 0.6) is 0 Å². The highest BCUT2D eigenvalue weighted by molar-refractivity contribution is 7.09. The smallest absolute Gasteiger partial charge is 0.315 e. The molecule has 0 bridgehead atoms. The van der Waals surface area contributed by atoms with Crippen molar-refractivity contribution in [2.75, 3.05) is 18.0 Å². The van der Waals surface area contributed by atoms with Crippen molar-refractivity contribution < 1.29 is 4.79 Å². The summed E-state index contributed by atoms with van der Waals surface area (Å²) in [5, 5.41) is 8.59. The molecule has 0 atom stereocenters. The molecule has 0 saturated carbocycles. The van der Waals surface area contributed by atoms with Crippen LogP contribution in [-0.2, 0) is 13.1 Å². The molecule has 7 heteroatoms. The van der Waals surface area contributed by atoms with Gasteiger partial charge in [-0.2, -0.15) is 0 Å². The number of urea groups is 1. The number of aromatic nitrogens is 2. The van der Waals surface area contributed by atoms with Gasteiger partial charge < -0.3 is 15.5 Å². The summed E-state index contributed by atoms with van der Waals surface area (Å²) in [6, 6.07) is 3.80. The number of carbonyl (C=O) groups is 1. The highest BCUT2D eigenvalue weighted by atomic mass is 32.1. The summed E-state index contributed by atoms with van der Waals surface area (Å²) in [5.74, 6) is 1.00. The van der Waals surface area contributed by atoms with Crippen molar-refractivity contribution in [1.29, 1.82) is 0 Å². The number of aryl methyl sites for hydroxylation is 1. The molecule has 3 rings (SSSR count). The molecule has 2 N–H and O–H groups in total. The van der Waals surface area contributed by atoms with Crippen LogP contribution in [0.1, 0.15) is 29.1 Å². The van der Waals surface area contributed by atoms with E-state index in [0.717, 1.165) is 35.2 Å². The van der Waals surface area contributed by atoms with E-state index in [1.807, 2.05) is 18.4 Å². The number of thiazole rings is 1. The number of amides is 2. The molecule has 2 amide bonds. The Bertz CT molecular complexity index is 666. The van der Waals surface area contributed by atoms with Gasteiger partial charge in [0.05, 0.1) is 6.54 Å². The van der Waals surface area contributed by atoms with Crippen LogP contribution in [0.25, 0.3) is 0 Å². The number of rotatable bonds is 5. The Morgan fingerprint density at radius 1 is 1.30 bits per heavy atom. The predicted octanol–water partition coefficient (Wildman–Crippen LogP) is 2.45. The Labute approximate surface area is 140 Å². The minimum atomic E-state index is -0.183. The third kappa shape index (κ3) is 4.41. The minimum Gasteiger partial charge on any atom is -0.357 e. The van der Waals surface area contributed by atoms with Gasteiger partial charge in [0.2, 0.25) is 0 Å². The maximum Gasteiger partial charge on any atom is 0.315 e. The lowest BCUT2D eigenvalue weighted by molar-refractivity contribution is 0.240. The summed E-state index contributed by atoms with van der Waals surface area (Å²) in [6.45, 7) is 5.03. The minimum absolute atomic E-state index is 0.183. The Hall–Kier alpha value is -2.15. The van der Waals surface area contributed by atoms with Crippen LogP contribution in [0.4, 0.5) is 10.6 Å². The Morgan fingerprint density at radius 2 is 2.09 bits per heavy atom. The number of pyridine rings is 1. The average Bonchev–Trinajstić information content (AvgIpc) is 3.23. The Morgan fingerprint density at radius 3 is 2.83 bits per heavy atom. The molecule has 0 aromatic carbocycles. The Balaban J connectivity index is 1.47. The molecule has 2 aromatic heterocycles. The lowest BCUT2D eigenvalue weighted by Crippen LogP contribution is -2.34. The van der Waals surface area contributed by atoms with E-state index in [9.17, 15) is 4.79 Å². The second-order valence-electron chi connectivity index (χ2n) is 5.64. The summed E-state index contributed by atoms with van der Waals surface area (Å²) in [4.78, 5) is 22.9. The number of nitrogens with one attached hydrogen (secondary N) is 2. The standard InChI is InChI=1S/C16H21N5OS/c1-12-11-23-15(20-12)10-19-16(22)18-9-13-4-5-17-14(8-13)21-6-2-3-7-21/h4-5,8,11H,2-3,6-7,9-10H2,1H3,(H2,18,19,22). The Kier molecular flexibility index (Phi) is 5.07. The number of anilines is 1. The lowest BCUT2D eigenvalue weighted by atomic mass is 10.2. The summed E-state index contributed by atoms with van der Waals surface area (Å²) < 4.78 is 0. The zero-order valence-electron chi connectivity index (χ0n) is 13.2. The largest absolute Gasteiger partial charge is 0.357 e. The first-order valence-electron chi connectivity index (χ1n) is 7.83. The molecule has 0 unspecified atom stereocenters. The quantitative estimate of drug-likeness (QED) is 0.883. The third-order valence-electron chi connectivity index (χ3n) is 3.76. The molecule has 0 spiro atoms. The zero-order chi connectivity index (χ0) is 16.1. The average molecular weight is 331 g/mol. The van der Waals surface area contributed by atoms with Gasteiger partial charge in [-0.15, -0.1) is 11.3 Å². The highest BCUT2D eigenvalue weighted by Crippen LogP contribution is 2.18. The van der Waals surface area contributed by atoms with Crippen LogP contribution >= 0.6 is 11.3 Å². The third-order valence-corrected chi connectivity index (χ3v) is 4.73. The van der Waals surface area contributed by atoms with Crippen LogP contribution < -0.4 is 15.5 Å². The van der Waals surface area contributed by atoms with Gasteiger partial charge in [0.1, 0.15) is 10.8 Å². The van der Waals surface area contributed by atoms with Crippen LogP contribution in [0.3, 0.4) is 0 Å². The fraction of sp³-hybridized carbons (Fsp3) is 0.438. The summed E-state index contributed by atoms with van der Waals surface area (Å²) >= 11 is 1.55. The first-order valence-corrected chi connectivity index (χ1v) is 8.71. The maximum atomic E-state index is 11.9. The van der Waals surface area contributed by atoms with Crippen molar-refractivity contribution in [1.82, 2.24) is 20.6 Å². The molecule has 0 aliphatic carbocycles. The van der Waals surface area contributed by atoms with Crippen molar-refractivity contribution in [2.45, 2.75) is 32.9 Å². The van der Waals surface area contributed by atoms with E-state index < -0.39 is 0 Å². The first-order chi connectivity index (χ1) is 11.2. The van der Waals surface area contributed by atoms with Crippen LogP contribution in [-0.4, -0.2) is 29.1 Å². The van der Waals surface area contributed by atoms with Crippen molar-refractivity contribution in [3.8, 4) is 0 Å².